The number of hydrogen-bond acceptors (Lipinski definition) is 7. The maximum Gasteiger partial charge on any atom is 0.295 e. The van der Waals surface area contributed by atoms with Crippen LogP contribution in [0.2, 0.25) is 0 Å². The lowest BCUT2D eigenvalue weighted by Gasteiger charge is -2.26. The predicted molar refractivity (Wildman–Crippen MR) is 131 cm³/mol. The Kier molecular flexibility index (Phi) is 6.13. The Balaban J connectivity index is 1.56. The van der Waals surface area contributed by atoms with E-state index in [9.17, 15) is 19.8 Å². The molecule has 2 atom stereocenters. The Hall–Kier alpha value is -4.27. The topological polar surface area (TPSA) is 114 Å². The number of carbonyl (C=O) groups excluding carboxylic acids is 2. The average Bonchev–Trinajstić information content (AvgIpc) is 3.58. The zero-order valence-corrected chi connectivity index (χ0v) is 20.0. The largest absolute Gasteiger partial charge is 0.507 e. The van der Waals surface area contributed by atoms with Crippen molar-refractivity contribution in [3.8, 4) is 17.2 Å². The van der Waals surface area contributed by atoms with Crippen molar-refractivity contribution in [2.75, 3.05) is 13.7 Å². The molecule has 0 radical (unpaired) electrons. The maximum absolute atomic E-state index is 13.3. The molecule has 0 bridgehead atoms. The van der Waals surface area contributed by atoms with Gasteiger partial charge in [-0.2, -0.15) is 0 Å². The summed E-state index contributed by atoms with van der Waals surface area (Å²) < 4.78 is 12.9. The molecule has 1 aromatic heterocycles. The molecule has 1 amide bonds. The molecule has 2 unspecified atom stereocenters. The molecule has 0 spiro atoms. The molecule has 2 aliphatic heterocycles. The Morgan fingerprint density at radius 2 is 2.03 bits per heavy atom. The first-order valence-electron chi connectivity index (χ1n) is 11.8. The number of Topliss-reactive ketones (excluding diaryl/α,β-unsaturated/α-hetero) is 1. The van der Waals surface area contributed by atoms with E-state index in [4.69, 9.17) is 9.47 Å². The van der Waals surface area contributed by atoms with Crippen LogP contribution in [0.5, 0.6) is 17.2 Å². The summed E-state index contributed by atoms with van der Waals surface area (Å²) in [4.78, 5) is 32.0. The van der Waals surface area contributed by atoms with E-state index in [2.05, 4.69) is 4.98 Å². The number of ketones is 1. The van der Waals surface area contributed by atoms with Gasteiger partial charge in [0.1, 0.15) is 17.6 Å². The average molecular weight is 490 g/mol. The minimum atomic E-state index is -0.842. The summed E-state index contributed by atoms with van der Waals surface area (Å²) in [6.07, 6.45) is 6.49. The van der Waals surface area contributed by atoms with Crippen molar-refractivity contribution in [2.45, 2.75) is 38.5 Å². The number of aliphatic hydroxyl groups is 1. The standard InChI is InChI=1S/C27H27N3O6/c1-16-12-19-13-18(5-7-21(19)36-16)25(32)23-24(17-4-6-20(31)22(14-17)35-2)30(27(34)26(23)33)10-3-9-29-11-8-28-15-29/h4-8,11,13-16,24,31-32H,3,9-10,12H2,1-2H3. The molecule has 1 saturated heterocycles. The first-order valence-corrected chi connectivity index (χ1v) is 11.8. The van der Waals surface area contributed by atoms with Gasteiger partial charge in [0.05, 0.1) is 25.1 Å². The SMILES string of the molecule is COc1cc(C2C(=C(O)c3ccc4c(c3)CC(C)O4)C(=O)C(=O)N2CCCn2ccnc2)ccc1O. The minimum Gasteiger partial charge on any atom is -0.507 e. The number of phenolic OH excluding ortho intramolecular Hbond substituents is 1. The number of aliphatic hydroxyl groups excluding tert-OH is 1. The van der Waals surface area contributed by atoms with Gasteiger partial charge in [0, 0.05) is 37.5 Å². The molecule has 9 heteroatoms. The van der Waals surface area contributed by atoms with E-state index in [-0.39, 0.29) is 35.5 Å². The van der Waals surface area contributed by atoms with E-state index in [1.54, 1.807) is 42.9 Å². The number of aryl methyl sites for hydroxylation is 1. The van der Waals surface area contributed by atoms with Crippen molar-refractivity contribution >= 4 is 17.4 Å². The first-order chi connectivity index (χ1) is 17.4. The second-order valence-electron chi connectivity index (χ2n) is 9.03. The molecule has 9 nitrogen and oxygen atoms in total. The number of rotatable bonds is 7. The van der Waals surface area contributed by atoms with Crippen LogP contribution in [0.4, 0.5) is 0 Å². The van der Waals surface area contributed by atoms with Gasteiger partial charge in [-0.05, 0) is 54.8 Å². The number of imidazole rings is 1. The van der Waals surface area contributed by atoms with Crippen LogP contribution in [0.3, 0.4) is 0 Å². The second kappa shape index (κ2) is 9.41. The zero-order chi connectivity index (χ0) is 25.4. The van der Waals surface area contributed by atoms with Crippen molar-refractivity contribution in [1.29, 1.82) is 0 Å². The highest BCUT2D eigenvalue weighted by Crippen LogP contribution is 2.42. The van der Waals surface area contributed by atoms with E-state index in [0.29, 0.717) is 30.5 Å². The number of carbonyl (C=O) groups is 2. The molecule has 2 aliphatic rings. The zero-order valence-electron chi connectivity index (χ0n) is 20.0. The molecule has 2 N–H and O–H groups in total. The van der Waals surface area contributed by atoms with Crippen molar-refractivity contribution in [1.82, 2.24) is 14.5 Å². The number of phenols is 1. The van der Waals surface area contributed by atoms with Crippen molar-refractivity contribution < 1.29 is 29.3 Å². The van der Waals surface area contributed by atoms with Gasteiger partial charge in [0.2, 0.25) is 0 Å². The molecule has 186 valence electrons. The number of nitrogens with zero attached hydrogens (tertiary/aromatic N) is 3. The lowest BCUT2D eigenvalue weighted by molar-refractivity contribution is -0.139. The fourth-order valence-electron chi connectivity index (χ4n) is 4.89. The number of amides is 1. The lowest BCUT2D eigenvalue weighted by atomic mass is 9.94. The van der Waals surface area contributed by atoms with Crippen LogP contribution in [0.25, 0.3) is 5.76 Å². The van der Waals surface area contributed by atoms with Crippen molar-refractivity contribution in [2.24, 2.45) is 0 Å². The van der Waals surface area contributed by atoms with Crippen LogP contribution < -0.4 is 9.47 Å². The normalized spacial score (nSPS) is 20.4. The lowest BCUT2D eigenvalue weighted by Crippen LogP contribution is -2.31. The Labute approximate surface area is 208 Å². The molecule has 36 heavy (non-hydrogen) atoms. The van der Waals surface area contributed by atoms with E-state index >= 15 is 0 Å². The molecule has 0 aliphatic carbocycles. The molecule has 3 aromatic rings. The quantitative estimate of drug-likeness (QED) is 0.297. The number of fused-ring (bicyclic) bond motifs is 1. The highest BCUT2D eigenvalue weighted by molar-refractivity contribution is 6.46. The highest BCUT2D eigenvalue weighted by Gasteiger charge is 2.46. The van der Waals surface area contributed by atoms with E-state index < -0.39 is 17.7 Å². The number of aromatic nitrogens is 2. The third-order valence-corrected chi connectivity index (χ3v) is 6.60. The summed E-state index contributed by atoms with van der Waals surface area (Å²) in [5, 5.41) is 21.5. The molecule has 1 fully saturated rings. The maximum atomic E-state index is 13.3. The van der Waals surface area contributed by atoms with Gasteiger partial charge < -0.3 is 29.2 Å². The van der Waals surface area contributed by atoms with Crippen LogP contribution in [0.15, 0.2) is 60.7 Å². The first kappa shape index (κ1) is 23.5. The Morgan fingerprint density at radius 1 is 1.19 bits per heavy atom. The smallest absolute Gasteiger partial charge is 0.295 e. The number of methoxy groups -OCH3 is 1. The molecule has 5 rings (SSSR count). The van der Waals surface area contributed by atoms with Gasteiger partial charge in [-0.15, -0.1) is 0 Å². The summed E-state index contributed by atoms with van der Waals surface area (Å²) >= 11 is 0. The summed E-state index contributed by atoms with van der Waals surface area (Å²) in [6, 6.07) is 9.08. The number of likely N-dealkylation sites (tertiary alicyclic amines) is 1. The Morgan fingerprint density at radius 3 is 2.78 bits per heavy atom. The fraction of sp³-hybridized carbons (Fsp3) is 0.296. The molecule has 3 heterocycles. The summed E-state index contributed by atoms with van der Waals surface area (Å²) in [7, 11) is 1.43. The van der Waals surface area contributed by atoms with Gasteiger partial charge in [0.15, 0.2) is 11.5 Å². The third-order valence-electron chi connectivity index (χ3n) is 6.60. The van der Waals surface area contributed by atoms with Gasteiger partial charge in [-0.1, -0.05) is 6.07 Å². The van der Waals surface area contributed by atoms with Crippen LogP contribution in [-0.4, -0.2) is 56.1 Å². The van der Waals surface area contributed by atoms with Gasteiger partial charge in [-0.25, -0.2) is 4.98 Å². The van der Waals surface area contributed by atoms with Crippen LogP contribution in [0, 0.1) is 0 Å². The molecular weight excluding hydrogens is 462 g/mol. The van der Waals surface area contributed by atoms with Crippen molar-refractivity contribution in [3.05, 3.63) is 77.4 Å². The van der Waals surface area contributed by atoms with Crippen LogP contribution in [0.1, 0.15) is 36.1 Å². The summed E-state index contributed by atoms with van der Waals surface area (Å²) in [6.45, 7) is 2.85. The monoisotopic (exact) mass is 489 g/mol. The Bertz CT molecular complexity index is 1350. The van der Waals surface area contributed by atoms with Crippen molar-refractivity contribution in [3.63, 3.8) is 0 Å². The minimum absolute atomic E-state index is 0.00212. The van der Waals surface area contributed by atoms with E-state index in [0.717, 1.165) is 11.3 Å². The predicted octanol–water partition coefficient (Wildman–Crippen LogP) is 3.43. The molecule has 2 aromatic carbocycles. The van der Waals surface area contributed by atoms with Crippen LogP contribution >= 0.6 is 0 Å². The number of hydrogen-bond donors (Lipinski definition) is 2. The van der Waals surface area contributed by atoms with Gasteiger partial charge >= 0.3 is 0 Å². The second-order valence-corrected chi connectivity index (χ2v) is 9.03. The highest BCUT2D eigenvalue weighted by atomic mass is 16.5. The molecule has 0 saturated carbocycles. The fourth-order valence-corrected chi connectivity index (χ4v) is 4.89. The third kappa shape index (κ3) is 4.17. The molecular formula is C27H27N3O6. The summed E-state index contributed by atoms with van der Waals surface area (Å²) in [5.41, 5.74) is 1.93. The van der Waals surface area contributed by atoms with E-state index in [1.807, 2.05) is 17.7 Å². The number of benzene rings is 2. The number of ether oxygens (including phenoxy) is 2. The van der Waals surface area contributed by atoms with E-state index in [1.165, 1.54) is 18.1 Å². The van der Waals surface area contributed by atoms with Gasteiger partial charge in [-0.3, -0.25) is 9.59 Å². The van der Waals surface area contributed by atoms with Gasteiger partial charge in [0.25, 0.3) is 11.7 Å². The number of aromatic hydroxyl groups is 1. The summed E-state index contributed by atoms with van der Waals surface area (Å²) in [5.74, 6) is -0.787. The van der Waals surface area contributed by atoms with Crippen LogP contribution in [-0.2, 0) is 22.6 Å².